The van der Waals surface area contributed by atoms with Gasteiger partial charge in [-0.2, -0.15) is 0 Å². The van der Waals surface area contributed by atoms with E-state index in [9.17, 15) is 0 Å². The predicted molar refractivity (Wildman–Crippen MR) is 79.2 cm³/mol. The molecule has 2 atom stereocenters. The van der Waals surface area contributed by atoms with E-state index in [4.69, 9.17) is 10.6 Å². The van der Waals surface area contributed by atoms with Gasteiger partial charge in [0.1, 0.15) is 5.75 Å². The zero-order valence-corrected chi connectivity index (χ0v) is 11.9. The van der Waals surface area contributed by atoms with Crippen molar-refractivity contribution in [2.24, 2.45) is 5.84 Å². The van der Waals surface area contributed by atoms with Gasteiger partial charge in [-0.25, -0.2) is 0 Å². The maximum atomic E-state index is 5.78. The fraction of sp³-hybridized carbons (Fsp3) is 0.625. The van der Waals surface area contributed by atoms with Crippen LogP contribution in [0.2, 0.25) is 0 Å². The minimum Gasteiger partial charge on any atom is -0.493 e. The maximum Gasteiger partial charge on any atom is 0.122 e. The molecule has 19 heavy (non-hydrogen) atoms. The van der Waals surface area contributed by atoms with Crippen molar-refractivity contribution in [2.75, 3.05) is 6.61 Å². The van der Waals surface area contributed by atoms with Crippen LogP contribution in [-0.4, -0.2) is 12.6 Å². The van der Waals surface area contributed by atoms with E-state index >= 15 is 0 Å². The lowest BCUT2D eigenvalue weighted by atomic mass is 9.84. The van der Waals surface area contributed by atoms with Crippen molar-refractivity contribution < 1.29 is 4.74 Å². The van der Waals surface area contributed by atoms with Crippen molar-refractivity contribution in [3.63, 3.8) is 0 Å². The van der Waals surface area contributed by atoms with Gasteiger partial charge in [-0.15, -0.1) is 0 Å². The molecule has 1 aromatic rings. The van der Waals surface area contributed by atoms with Gasteiger partial charge >= 0.3 is 0 Å². The Labute approximate surface area is 116 Å². The minimum absolute atomic E-state index is 0.363. The van der Waals surface area contributed by atoms with E-state index in [2.05, 4.69) is 30.5 Å². The molecule has 1 aliphatic rings. The van der Waals surface area contributed by atoms with Gasteiger partial charge in [-0.3, -0.25) is 11.3 Å². The van der Waals surface area contributed by atoms with Crippen LogP contribution in [0.25, 0.3) is 0 Å². The summed E-state index contributed by atoms with van der Waals surface area (Å²) in [6.07, 6.45) is 7.36. The van der Waals surface area contributed by atoms with Gasteiger partial charge in [0, 0.05) is 12.0 Å². The smallest absolute Gasteiger partial charge is 0.122 e. The van der Waals surface area contributed by atoms with Crippen LogP contribution in [0.1, 0.15) is 56.9 Å². The molecule has 3 heteroatoms. The number of nitrogens with two attached hydrogens (primary N) is 1. The fourth-order valence-electron chi connectivity index (χ4n) is 2.98. The lowest BCUT2D eigenvalue weighted by molar-refractivity contribution is 0.240. The molecule has 1 aromatic carbocycles. The van der Waals surface area contributed by atoms with Gasteiger partial charge in [0.15, 0.2) is 0 Å². The molecule has 0 aromatic heterocycles. The SMILES string of the molecule is CCCCCCC(NN)C1CCOc2ccccc21. The van der Waals surface area contributed by atoms with Crippen LogP contribution in [0.4, 0.5) is 0 Å². The summed E-state index contributed by atoms with van der Waals surface area (Å²) in [5.74, 6) is 7.30. The van der Waals surface area contributed by atoms with Gasteiger partial charge < -0.3 is 4.74 Å². The number of unbranched alkanes of at least 4 members (excludes halogenated alkanes) is 3. The Kier molecular flexibility index (Phi) is 5.67. The number of nitrogens with one attached hydrogen (secondary N) is 1. The zero-order valence-electron chi connectivity index (χ0n) is 11.9. The Bertz CT molecular complexity index is 381. The van der Waals surface area contributed by atoms with E-state index in [1.54, 1.807) is 0 Å². The highest BCUT2D eigenvalue weighted by atomic mass is 16.5. The molecular formula is C16H26N2O. The molecule has 0 spiro atoms. The number of hydrazine groups is 1. The van der Waals surface area contributed by atoms with Gasteiger partial charge in [0.2, 0.25) is 0 Å². The number of rotatable bonds is 7. The third kappa shape index (κ3) is 3.71. The number of hydrogen-bond donors (Lipinski definition) is 2. The van der Waals surface area contributed by atoms with E-state index in [1.807, 2.05) is 6.07 Å². The molecule has 3 nitrogen and oxygen atoms in total. The first-order chi connectivity index (χ1) is 9.36. The Morgan fingerprint density at radius 1 is 1.32 bits per heavy atom. The molecule has 106 valence electrons. The number of hydrogen-bond acceptors (Lipinski definition) is 3. The van der Waals surface area contributed by atoms with E-state index in [0.29, 0.717) is 12.0 Å². The van der Waals surface area contributed by atoms with Crippen molar-refractivity contribution in [1.29, 1.82) is 0 Å². The molecule has 0 saturated carbocycles. The molecule has 0 amide bonds. The Balaban J connectivity index is 1.99. The second-order valence-corrected chi connectivity index (χ2v) is 5.40. The van der Waals surface area contributed by atoms with Gasteiger partial charge in [0.05, 0.1) is 6.61 Å². The van der Waals surface area contributed by atoms with Crippen LogP contribution in [0.3, 0.4) is 0 Å². The number of benzene rings is 1. The maximum absolute atomic E-state index is 5.78. The predicted octanol–water partition coefficient (Wildman–Crippen LogP) is 3.36. The lowest BCUT2D eigenvalue weighted by Crippen LogP contribution is -2.41. The second-order valence-electron chi connectivity index (χ2n) is 5.40. The van der Waals surface area contributed by atoms with E-state index in [1.165, 1.54) is 31.2 Å². The fourth-order valence-corrected chi connectivity index (χ4v) is 2.98. The molecule has 0 bridgehead atoms. The molecule has 0 aliphatic carbocycles. The summed E-state index contributed by atoms with van der Waals surface area (Å²) in [5.41, 5.74) is 4.35. The van der Waals surface area contributed by atoms with Crippen LogP contribution >= 0.6 is 0 Å². The Hall–Kier alpha value is -1.06. The van der Waals surface area contributed by atoms with Gasteiger partial charge in [0.25, 0.3) is 0 Å². The molecule has 2 rings (SSSR count). The molecule has 0 saturated heterocycles. The summed E-state index contributed by atoms with van der Waals surface area (Å²) in [5, 5.41) is 0. The van der Waals surface area contributed by atoms with E-state index < -0.39 is 0 Å². The van der Waals surface area contributed by atoms with Crippen molar-refractivity contribution in [3.8, 4) is 5.75 Å². The highest BCUT2D eigenvalue weighted by Gasteiger charge is 2.27. The monoisotopic (exact) mass is 262 g/mol. The Morgan fingerprint density at radius 2 is 2.16 bits per heavy atom. The lowest BCUT2D eigenvalue weighted by Gasteiger charge is -2.32. The van der Waals surface area contributed by atoms with Crippen LogP contribution in [-0.2, 0) is 0 Å². The van der Waals surface area contributed by atoms with E-state index in [0.717, 1.165) is 25.2 Å². The average molecular weight is 262 g/mol. The van der Waals surface area contributed by atoms with Gasteiger partial charge in [-0.1, -0.05) is 50.8 Å². The van der Waals surface area contributed by atoms with Crippen LogP contribution in [0.15, 0.2) is 24.3 Å². The van der Waals surface area contributed by atoms with Gasteiger partial charge in [-0.05, 0) is 24.5 Å². The average Bonchev–Trinajstić information content (AvgIpc) is 2.47. The normalized spacial score (nSPS) is 19.6. The second kappa shape index (κ2) is 7.51. The topological polar surface area (TPSA) is 47.3 Å². The third-order valence-corrected chi connectivity index (χ3v) is 4.07. The van der Waals surface area contributed by atoms with Crippen LogP contribution in [0, 0.1) is 0 Å². The zero-order chi connectivity index (χ0) is 13.5. The largest absolute Gasteiger partial charge is 0.493 e. The summed E-state index contributed by atoms with van der Waals surface area (Å²) >= 11 is 0. The first-order valence-corrected chi connectivity index (χ1v) is 7.54. The highest BCUT2D eigenvalue weighted by Crippen LogP contribution is 2.36. The molecule has 1 aliphatic heterocycles. The van der Waals surface area contributed by atoms with E-state index in [-0.39, 0.29) is 0 Å². The van der Waals surface area contributed by atoms with Crippen molar-refractivity contribution >= 4 is 0 Å². The summed E-state index contributed by atoms with van der Waals surface area (Å²) in [4.78, 5) is 0. The van der Waals surface area contributed by atoms with Crippen molar-refractivity contribution in [1.82, 2.24) is 5.43 Å². The minimum atomic E-state index is 0.363. The summed E-state index contributed by atoms with van der Waals surface area (Å²) < 4.78 is 5.72. The summed E-state index contributed by atoms with van der Waals surface area (Å²) in [6.45, 7) is 3.04. The number of ether oxygens (including phenoxy) is 1. The standard InChI is InChI=1S/C16H26N2O/c1-2-3-4-5-9-15(18-17)13-11-12-19-16-10-7-6-8-14(13)16/h6-8,10,13,15,18H,2-5,9,11-12,17H2,1H3. The van der Waals surface area contributed by atoms with Crippen molar-refractivity contribution in [3.05, 3.63) is 29.8 Å². The quantitative estimate of drug-likeness (QED) is 0.450. The van der Waals surface area contributed by atoms with Crippen LogP contribution in [0.5, 0.6) is 5.75 Å². The molecular weight excluding hydrogens is 236 g/mol. The number of fused-ring (bicyclic) bond motifs is 1. The van der Waals surface area contributed by atoms with Crippen molar-refractivity contribution in [2.45, 2.75) is 57.4 Å². The summed E-state index contributed by atoms with van der Waals surface area (Å²) in [6, 6.07) is 8.72. The first kappa shape index (κ1) is 14.4. The molecule has 0 radical (unpaired) electrons. The molecule has 1 heterocycles. The van der Waals surface area contributed by atoms with Crippen LogP contribution < -0.4 is 16.0 Å². The molecule has 3 N–H and O–H groups in total. The Morgan fingerprint density at radius 3 is 2.95 bits per heavy atom. The highest BCUT2D eigenvalue weighted by molar-refractivity contribution is 5.38. The molecule has 2 unspecified atom stereocenters. The first-order valence-electron chi connectivity index (χ1n) is 7.54. The summed E-state index contributed by atoms with van der Waals surface area (Å²) in [7, 11) is 0. The third-order valence-electron chi connectivity index (χ3n) is 4.07. The molecule has 0 fully saturated rings. The number of para-hydroxylation sites is 1.